The third kappa shape index (κ3) is 4.77. The third-order valence-corrected chi connectivity index (χ3v) is 3.83. The fraction of sp³-hybridized carbons (Fsp3) is 0.333. The Morgan fingerprint density at radius 1 is 1.26 bits per heavy atom. The minimum atomic E-state index is -0.172. The fourth-order valence-electron chi connectivity index (χ4n) is 2.04. The average molecular weight is 377 g/mol. The first-order chi connectivity index (χ1) is 11.0. The zero-order chi connectivity index (χ0) is 16.8. The number of nitrogens with one attached hydrogen (secondary N) is 1. The van der Waals surface area contributed by atoms with Gasteiger partial charge in [0, 0.05) is 24.0 Å². The lowest BCUT2D eigenvalue weighted by Gasteiger charge is -2.21. The maximum atomic E-state index is 12.3. The third-order valence-electron chi connectivity index (χ3n) is 3.05. The molecule has 5 nitrogen and oxygen atoms in total. The van der Waals surface area contributed by atoms with Gasteiger partial charge in [0.25, 0.3) is 5.91 Å². The van der Waals surface area contributed by atoms with Crippen molar-refractivity contribution in [1.82, 2.24) is 14.9 Å². The van der Waals surface area contributed by atoms with Crippen molar-refractivity contribution in [2.75, 3.05) is 19.7 Å². The summed E-state index contributed by atoms with van der Waals surface area (Å²) in [5, 5.41) is 1.11. The van der Waals surface area contributed by atoms with Crippen LogP contribution in [0.1, 0.15) is 24.0 Å². The van der Waals surface area contributed by atoms with Crippen LogP contribution in [-0.4, -0.2) is 40.5 Å². The second-order valence-corrected chi connectivity index (χ2v) is 6.03. The Labute approximate surface area is 149 Å². The van der Waals surface area contributed by atoms with E-state index in [9.17, 15) is 4.79 Å². The first-order valence-electron chi connectivity index (χ1n) is 7.09. The van der Waals surface area contributed by atoms with Crippen molar-refractivity contribution in [1.29, 1.82) is 0 Å². The molecule has 0 saturated heterocycles. The number of carbonyl (C=O) groups excluding carboxylic acids is 1. The molecule has 0 spiro atoms. The Morgan fingerprint density at radius 2 is 1.96 bits per heavy atom. The van der Waals surface area contributed by atoms with Crippen LogP contribution in [0.5, 0.6) is 5.75 Å². The van der Waals surface area contributed by atoms with Crippen molar-refractivity contribution >= 4 is 40.7 Å². The van der Waals surface area contributed by atoms with E-state index in [2.05, 4.69) is 9.97 Å². The van der Waals surface area contributed by atoms with E-state index in [4.69, 9.17) is 39.5 Å². The van der Waals surface area contributed by atoms with Gasteiger partial charge in [-0.3, -0.25) is 4.79 Å². The number of H-pyrrole nitrogens is 1. The van der Waals surface area contributed by atoms with Gasteiger partial charge in [-0.2, -0.15) is 0 Å². The number of benzene rings is 1. The van der Waals surface area contributed by atoms with Crippen molar-refractivity contribution in [3.05, 3.63) is 45.4 Å². The maximum Gasteiger partial charge on any atom is 0.289 e. The number of imidazole rings is 1. The summed E-state index contributed by atoms with van der Waals surface area (Å²) >= 11 is 18.0. The highest BCUT2D eigenvalue weighted by Crippen LogP contribution is 2.35. The predicted molar refractivity (Wildman–Crippen MR) is 91.7 cm³/mol. The van der Waals surface area contributed by atoms with E-state index in [0.717, 1.165) is 6.42 Å². The molecule has 0 radical (unpaired) electrons. The van der Waals surface area contributed by atoms with Crippen molar-refractivity contribution < 1.29 is 9.53 Å². The lowest BCUT2D eigenvalue weighted by molar-refractivity contribution is 0.0719. The molecular weight excluding hydrogens is 361 g/mol. The molecule has 0 aliphatic rings. The Hall–Kier alpha value is -1.43. The van der Waals surface area contributed by atoms with Gasteiger partial charge in [-0.15, -0.1) is 0 Å². The summed E-state index contributed by atoms with van der Waals surface area (Å²) < 4.78 is 5.62. The van der Waals surface area contributed by atoms with Crippen molar-refractivity contribution in [2.45, 2.75) is 13.3 Å². The summed E-state index contributed by atoms with van der Waals surface area (Å²) in [7, 11) is 0. The Bertz CT molecular complexity index is 639. The lowest BCUT2D eigenvalue weighted by Crippen LogP contribution is -2.36. The van der Waals surface area contributed by atoms with Crippen LogP contribution in [-0.2, 0) is 0 Å². The van der Waals surface area contributed by atoms with Gasteiger partial charge in [-0.05, 0) is 18.6 Å². The topological polar surface area (TPSA) is 58.2 Å². The van der Waals surface area contributed by atoms with E-state index in [0.29, 0.717) is 39.7 Å². The van der Waals surface area contributed by atoms with Gasteiger partial charge < -0.3 is 14.6 Å². The highest BCUT2D eigenvalue weighted by molar-refractivity contribution is 6.40. The molecule has 1 aromatic carbocycles. The molecule has 0 aliphatic carbocycles. The number of hydrogen-bond acceptors (Lipinski definition) is 3. The lowest BCUT2D eigenvalue weighted by atomic mass is 10.3. The monoisotopic (exact) mass is 375 g/mol. The summed E-state index contributed by atoms with van der Waals surface area (Å²) in [5.41, 5.74) is 0. The van der Waals surface area contributed by atoms with E-state index in [-0.39, 0.29) is 12.5 Å². The van der Waals surface area contributed by atoms with Gasteiger partial charge >= 0.3 is 0 Å². The number of rotatable bonds is 7. The van der Waals surface area contributed by atoms with Crippen LogP contribution in [0, 0.1) is 0 Å². The van der Waals surface area contributed by atoms with Crippen LogP contribution >= 0.6 is 34.8 Å². The van der Waals surface area contributed by atoms with E-state index in [1.807, 2.05) is 6.92 Å². The second kappa shape index (κ2) is 8.43. The number of aromatic nitrogens is 2. The maximum absolute atomic E-state index is 12.3. The molecule has 0 bridgehead atoms. The number of ether oxygens (including phenoxy) is 1. The summed E-state index contributed by atoms with van der Waals surface area (Å²) in [5.74, 6) is 0.495. The van der Waals surface area contributed by atoms with E-state index >= 15 is 0 Å². The Morgan fingerprint density at radius 3 is 2.52 bits per heavy atom. The molecule has 0 atom stereocenters. The van der Waals surface area contributed by atoms with Crippen LogP contribution in [0.3, 0.4) is 0 Å². The van der Waals surface area contributed by atoms with Gasteiger partial charge in [0.15, 0.2) is 11.6 Å². The first-order valence-corrected chi connectivity index (χ1v) is 8.22. The molecule has 1 amide bonds. The van der Waals surface area contributed by atoms with Crippen molar-refractivity contribution in [3.63, 3.8) is 0 Å². The predicted octanol–water partition coefficient (Wildman–Crippen LogP) is 4.30. The van der Waals surface area contributed by atoms with Crippen LogP contribution in [0.4, 0.5) is 0 Å². The van der Waals surface area contributed by atoms with Crippen molar-refractivity contribution in [2.24, 2.45) is 0 Å². The quantitative estimate of drug-likeness (QED) is 0.783. The number of halogens is 3. The number of amides is 1. The number of hydrogen-bond donors (Lipinski definition) is 1. The van der Waals surface area contributed by atoms with Crippen molar-refractivity contribution in [3.8, 4) is 5.75 Å². The molecule has 1 heterocycles. The minimum Gasteiger partial charge on any atom is -0.489 e. The van der Waals surface area contributed by atoms with E-state index in [1.54, 1.807) is 29.4 Å². The standard InChI is InChI=1S/C15H16Cl3N3O2/c1-2-5-21(15(22)14-19-3-4-20-14)6-7-23-13-11(17)8-10(16)9-12(13)18/h3-4,8-9H,2,5-7H2,1H3,(H,19,20). The summed E-state index contributed by atoms with van der Waals surface area (Å²) in [6, 6.07) is 3.12. The molecule has 0 aliphatic heterocycles. The normalized spacial score (nSPS) is 10.6. The van der Waals surface area contributed by atoms with E-state index < -0.39 is 0 Å². The smallest absolute Gasteiger partial charge is 0.289 e. The van der Waals surface area contributed by atoms with Gasteiger partial charge in [0.2, 0.25) is 0 Å². The largest absolute Gasteiger partial charge is 0.489 e. The first kappa shape index (κ1) is 17.9. The highest BCUT2D eigenvalue weighted by atomic mass is 35.5. The summed E-state index contributed by atoms with van der Waals surface area (Å²) in [6.45, 7) is 3.25. The Kier molecular flexibility index (Phi) is 6.57. The molecule has 0 unspecified atom stereocenters. The fourth-order valence-corrected chi connectivity index (χ4v) is 2.97. The zero-order valence-electron chi connectivity index (χ0n) is 12.5. The molecule has 0 saturated carbocycles. The summed E-state index contributed by atoms with van der Waals surface area (Å²) in [4.78, 5) is 20.8. The molecule has 1 aromatic heterocycles. The van der Waals surface area contributed by atoms with Gasteiger partial charge in [-0.25, -0.2) is 4.98 Å². The molecule has 2 aromatic rings. The van der Waals surface area contributed by atoms with Crippen LogP contribution in [0.15, 0.2) is 24.5 Å². The van der Waals surface area contributed by atoms with Crippen LogP contribution < -0.4 is 4.74 Å². The summed E-state index contributed by atoms with van der Waals surface area (Å²) in [6.07, 6.45) is 3.98. The average Bonchev–Trinajstić information content (AvgIpc) is 3.02. The molecule has 124 valence electrons. The molecule has 23 heavy (non-hydrogen) atoms. The zero-order valence-corrected chi connectivity index (χ0v) is 14.8. The SMILES string of the molecule is CCCN(CCOc1c(Cl)cc(Cl)cc1Cl)C(=O)c1ncc[nH]1. The molecule has 1 N–H and O–H groups in total. The van der Waals surface area contributed by atoms with Crippen LogP contribution in [0.25, 0.3) is 0 Å². The molecular formula is C15H16Cl3N3O2. The van der Waals surface area contributed by atoms with E-state index in [1.165, 1.54) is 0 Å². The van der Waals surface area contributed by atoms with Gasteiger partial charge in [0.1, 0.15) is 6.61 Å². The number of nitrogens with zero attached hydrogens (tertiary/aromatic N) is 2. The minimum absolute atomic E-state index is 0.172. The van der Waals surface area contributed by atoms with Gasteiger partial charge in [0.05, 0.1) is 16.6 Å². The molecule has 0 fully saturated rings. The molecule has 8 heteroatoms. The number of carbonyl (C=O) groups is 1. The Balaban J connectivity index is 1.99. The highest BCUT2D eigenvalue weighted by Gasteiger charge is 2.17. The molecule has 2 rings (SSSR count). The van der Waals surface area contributed by atoms with Gasteiger partial charge in [-0.1, -0.05) is 41.7 Å². The van der Waals surface area contributed by atoms with Crippen LogP contribution in [0.2, 0.25) is 15.1 Å². The second-order valence-electron chi connectivity index (χ2n) is 4.78. The number of aromatic amines is 1.